The van der Waals surface area contributed by atoms with Crippen LogP contribution in [0.2, 0.25) is 0 Å². The molecule has 0 spiro atoms. The van der Waals surface area contributed by atoms with E-state index in [1.54, 1.807) is 40.0 Å². The summed E-state index contributed by atoms with van der Waals surface area (Å²) in [5.74, 6) is 0.0231. The van der Waals surface area contributed by atoms with Crippen LogP contribution in [0.25, 0.3) is 0 Å². The third-order valence-electron chi connectivity index (χ3n) is 3.09. The Morgan fingerprint density at radius 1 is 1.32 bits per heavy atom. The average Bonchev–Trinajstić information content (AvgIpc) is 2.35. The molecular weight excluding hydrogens is 297 g/mol. The number of nitrogens with zero attached hydrogens (tertiary/aromatic N) is 1. The number of carbonyl (C=O) groups is 1. The van der Waals surface area contributed by atoms with Gasteiger partial charge >= 0.3 is 6.18 Å². The summed E-state index contributed by atoms with van der Waals surface area (Å²) in [6, 6.07) is 2.83. The molecule has 0 saturated carbocycles. The van der Waals surface area contributed by atoms with E-state index >= 15 is 0 Å². The second kappa shape index (κ2) is 7.00. The minimum absolute atomic E-state index is 0.201. The molecule has 1 aromatic rings. The Morgan fingerprint density at radius 3 is 2.23 bits per heavy atom. The lowest BCUT2D eigenvalue weighted by Gasteiger charge is -2.21. The van der Waals surface area contributed by atoms with E-state index in [0.717, 1.165) is 5.56 Å². The van der Waals surface area contributed by atoms with Gasteiger partial charge in [0.05, 0.1) is 6.04 Å². The molecule has 0 heterocycles. The van der Waals surface area contributed by atoms with Crippen molar-refractivity contribution < 1.29 is 22.7 Å². The summed E-state index contributed by atoms with van der Waals surface area (Å²) in [6.07, 6.45) is -4.37. The van der Waals surface area contributed by atoms with Gasteiger partial charge in [-0.05, 0) is 37.5 Å². The summed E-state index contributed by atoms with van der Waals surface area (Å²) in [5.41, 5.74) is 7.54. The van der Waals surface area contributed by atoms with Crippen LogP contribution in [0.15, 0.2) is 12.1 Å². The highest BCUT2D eigenvalue weighted by molar-refractivity contribution is 5.80. The molecule has 0 fully saturated rings. The molecule has 0 aromatic heterocycles. The first-order valence-electron chi connectivity index (χ1n) is 6.81. The first kappa shape index (κ1) is 18.3. The highest BCUT2D eigenvalue weighted by atomic mass is 19.4. The van der Waals surface area contributed by atoms with Crippen LogP contribution in [0.3, 0.4) is 0 Å². The summed E-state index contributed by atoms with van der Waals surface area (Å²) < 4.78 is 41.6. The Hall–Kier alpha value is -1.76. The Morgan fingerprint density at radius 2 is 1.82 bits per heavy atom. The van der Waals surface area contributed by atoms with Crippen LogP contribution >= 0.6 is 0 Å². The smallest absolute Gasteiger partial charge is 0.422 e. The Kier molecular flexibility index (Phi) is 5.82. The summed E-state index contributed by atoms with van der Waals surface area (Å²) in [6.45, 7) is 3.97. The largest absolute Gasteiger partial charge is 0.484 e. The zero-order valence-corrected chi connectivity index (χ0v) is 13.1. The van der Waals surface area contributed by atoms with E-state index in [-0.39, 0.29) is 11.7 Å². The zero-order valence-electron chi connectivity index (χ0n) is 13.1. The summed E-state index contributed by atoms with van der Waals surface area (Å²) in [7, 11) is 1.63. The molecule has 0 aliphatic carbocycles. The van der Waals surface area contributed by atoms with Crippen molar-refractivity contribution in [2.24, 2.45) is 5.73 Å². The molecule has 2 N–H and O–H groups in total. The molecule has 22 heavy (non-hydrogen) atoms. The molecular formula is C15H21F3N2O2. The molecule has 4 nitrogen and oxygen atoms in total. The summed E-state index contributed by atoms with van der Waals surface area (Å²) >= 11 is 0. The third kappa shape index (κ3) is 5.22. The van der Waals surface area contributed by atoms with E-state index < -0.39 is 18.8 Å². The molecule has 1 rings (SSSR count). The number of aryl methyl sites for hydroxylation is 2. The standard InChI is InChI=1S/C15H21F3N2O2/c1-9-5-12(7-20(4)14(21)11(3)19)6-10(2)13(9)22-8-15(16,17)18/h5-6,11H,7-8,19H2,1-4H3/t11-/m1/s1. The molecule has 1 atom stereocenters. The fraction of sp³-hybridized carbons (Fsp3) is 0.533. The molecule has 0 bridgehead atoms. The van der Waals surface area contributed by atoms with Crippen LogP contribution in [-0.4, -0.2) is 36.7 Å². The van der Waals surface area contributed by atoms with Gasteiger partial charge < -0.3 is 15.4 Å². The van der Waals surface area contributed by atoms with Gasteiger partial charge in [0.2, 0.25) is 5.91 Å². The lowest BCUT2D eigenvalue weighted by molar-refractivity contribution is -0.153. The van der Waals surface area contributed by atoms with E-state index in [1.165, 1.54) is 4.90 Å². The normalized spacial score (nSPS) is 12.9. The van der Waals surface area contributed by atoms with Gasteiger partial charge in [0, 0.05) is 13.6 Å². The predicted octanol–water partition coefficient (Wildman–Crippen LogP) is 2.55. The number of benzene rings is 1. The third-order valence-corrected chi connectivity index (χ3v) is 3.09. The highest BCUT2D eigenvalue weighted by Crippen LogP contribution is 2.27. The van der Waals surface area contributed by atoms with Crippen LogP contribution in [-0.2, 0) is 11.3 Å². The van der Waals surface area contributed by atoms with Crippen molar-refractivity contribution in [1.82, 2.24) is 4.90 Å². The summed E-state index contributed by atoms with van der Waals surface area (Å²) in [5, 5.41) is 0. The Balaban J connectivity index is 2.87. The van der Waals surface area contributed by atoms with Crippen molar-refractivity contribution in [2.45, 2.75) is 39.5 Å². The highest BCUT2D eigenvalue weighted by Gasteiger charge is 2.29. The fourth-order valence-corrected chi connectivity index (χ4v) is 2.21. The van der Waals surface area contributed by atoms with Crippen molar-refractivity contribution in [1.29, 1.82) is 0 Å². The van der Waals surface area contributed by atoms with E-state index in [4.69, 9.17) is 10.5 Å². The molecule has 0 saturated heterocycles. The lowest BCUT2D eigenvalue weighted by Crippen LogP contribution is -2.39. The number of amides is 1. The van der Waals surface area contributed by atoms with Gasteiger partial charge in [-0.3, -0.25) is 4.79 Å². The summed E-state index contributed by atoms with van der Waals surface area (Å²) in [4.78, 5) is 13.2. The number of alkyl halides is 3. The lowest BCUT2D eigenvalue weighted by atomic mass is 10.1. The first-order chi connectivity index (χ1) is 10.0. The molecule has 0 radical (unpaired) electrons. The topological polar surface area (TPSA) is 55.6 Å². The molecule has 0 unspecified atom stereocenters. The van der Waals surface area contributed by atoms with Crippen LogP contribution < -0.4 is 10.5 Å². The van der Waals surface area contributed by atoms with Gasteiger partial charge in [0.1, 0.15) is 5.75 Å². The van der Waals surface area contributed by atoms with Gasteiger partial charge in [-0.2, -0.15) is 13.2 Å². The monoisotopic (exact) mass is 318 g/mol. The van der Waals surface area contributed by atoms with Gasteiger partial charge in [-0.15, -0.1) is 0 Å². The predicted molar refractivity (Wildman–Crippen MR) is 77.6 cm³/mol. The van der Waals surface area contributed by atoms with Crippen molar-refractivity contribution in [3.8, 4) is 5.75 Å². The van der Waals surface area contributed by atoms with Gasteiger partial charge in [-0.25, -0.2) is 0 Å². The number of carbonyl (C=O) groups excluding carboxylic acids is 1. The number of likely N-dealkylation sites (N-methyl/N-ethyl adjacent to an activating group) is 1. The van der Waals surface area contributed by atoms with Crippen molar-refractivity contribution in [3.63, 3.8) is 0 Å². The molecule has 124 valence electrons. The maximum Gasteiger partial charge on any atom is 0.422 e. The molecule has 1 amide bonds. The van der Waals surface area contributed by atoms with E-state index in [9.17, 15) is 18.0 Å². The average molecular weight is 318 g/mol. The minimum Gasteiger partial charge on any atom is -0.484 e. The molecule has 0 aliphatic heterocycles. The minimum atomic E-state index is -4.37. The van der Waals surface area contributed by atoms with Crippen molar-refractivity contribution in [2.75, 3.05) is 13.7 Å². The van der Waals surface area contributed by atoms with Crippen molar-refractivity contribution in [3.05, 3.63) is 28.8 Å². The van der Waals surface area contributed by atoms with Gasteiger partial charge in [0.15, 0.2) is 6.61 Å². The maximum atomic E-state index is 12.2. The SMILES string of the molecule is Cc1cc(CN(C)C(=O)[C@@H](C)N)cc(C)c1OCC(F)(F)F. The van der Waals surface area contributed by atoms with E-state index in [2.05, 4.69) is 0 Å². The zero-order chi connectivity index (χ0) is 17.1. The van der Waals surface area contributed by atoms with Gasteiger partial charge in [-0.1, -0.05) is 12.1 Å². The molecule has 0 aliphatic rings. The van der Waals surface area contributed by atoms with E-state index in [0.29, 0.717) is 17.7 Å². The van der Waals surface area contributed by atoms with Crippen LogP contribution in [0, 0.1) is 13.8 Å². The maximum absolute atomic E-state index is 12.2. The quantitative estimate of drug-likeness (QED) is 0.908. The number of hydrogen-bond acceptors (Lipinski definition) is 3. The fourth-order valence-electron chi connectivity index (χ4n) is 2.21. The van der Waals surface area contributed by atoms with Crippen LogP contribution in [0.5, 0.6) is 5.75 Å². The molecule has 1 aromatic carbocycles. The number of ether oxygens (including phenoxy) is 1. The second-order valence-corrected chi connectivity index (χ2v) is 5.45. The number of halogens is 3. The Labute approximate surface area is 128 Å². The van der Waals surface area contributed by atoms with E-state index in [1.807, 2.05) is 0 Å². The van der Waals surface area contributed by atoms with Crippen molar-refractivity contribution >= 4 is 5.91 Å². The molecule has 7 heteroatoms. The Bertz CT molecular complexity index is 519. The number of hydrogen-bond donors (Lipinski definition) is 1. The second-order valence-electron chi connectivity index (χ2n) is 5.45. The number of rotatable bonds is 5. The number of nitrogens with two attached hydrogens (primary N) is 1. The van der Waals surface area contributed by atoms with Crippen LogP contribution in [0.4, 0.5) is 13.2 Å². The van der Waals surface area contributed by atoms with Gasteiger partial charge in [0.25, 0.3) is 0 Å². The first-order valence-corrected chi connectivity index (χ1v) is 6.81. The van der Waals surface area contributed by atoms with Crippen LogP contribution in [0.1, 0.15) is 23.6 Å².